The lowest BCUT2D eigenvalue weighted by molar-refractivity contribution is -0.870. The molecule has 216 valence electrons. The van der Waals surface area contributed by atoms with Gasteiger partial charge in [-0.05, 0) is 32.6 Å². The lowest BCUT2D eigenvalue weighted by Crippen LogP contribution is -2.37. The number of ether oxygens (including phenoxy) is 2. The fraction of sp³-hybridized carbons (Fsp3) is 0.571. The molecule has 10 heteroatoms. The van der Waals surface area contributed by atoms with Crippen LogP contribution in [0.2, 0.25) is 0 Å². The molecule has 0 amide bonds. The minimum atomic E-state index is -4.38. The van der Waals surface area contributed by atoms with Crippen molar-refractivity contribution in [1.29, 1.82) is 0 Å². The van der Waals surface area contributed by atoms with Crippen molar-refractivity contribution in [3.8, 4) is 0 Å². The van der Waals surface area contributed by atoms with Crippen molar-refractivity contribution in [3.63, 3.8) is 0 Å². The summed E-state index contributed by atoms with van der Waals surface area (Å²) in [6, 6.07) is 0. The molecule has 0 heterocycles. The zero-order chi connectivity index (χ0) is 28.7. The van der Waals surface area contributed by atoms with Crippen LogP contribution in [-0.4, -0.2) is 74.9 Å². The van der Waals surface area contributed by atoms with Crippen LogP contribution >= 0.6 is 7.82 Å². The quantitative estimate of drug-likeness (QED) is 0.0862. The van der Waals surface area contributed by atoms with Crippen LogP contribution in [0.4, 0.5) is 0 Å². The first-order chi connectivity index (χ1) is 18.0. The number of quaternary nitrogens is 1. The maximum atomic E-state index is 12.3. The molecule has 1 unspecified atom stereocenters. The van der Waals surface area contributed by atoms with Crippen LogP contribution in [0.3, 0.4) is 0 Å². The van der Waals surface area contributed by atoms with E-state index in [4.69, 9.17) is 18.5 Å². The van der Waals surface area contributed by atoms with Gasteiger partial charge in [-0.25, -0.2) is 4.57 Å². The normalized spacial score (nSPS) is 15.2. The zero-order valence-corrected chi connectivity index (χ0v) is 24.5. The number of hydrogen-bond donors (Lipinski definition) is 1. The van der Waals surface area contributed by atoms with Gasteiger partial charge in [-0.2, -0.15) is 0 Å². The van der Waals surface area contributed by atoms with Gasteiger partial charge in [0.05, 0.1) is 40.6 Å². The Morgan fingerprint density at radius 1 is 0.816 bits per heavy atom. The van der Waals surface area contributed by atoms with E-state index in [1.807, 2.05) is 83.6 Å². The summed E-state index contributed by atoms with van der Waals surface area (Å²) in [6.07, 6.45) is 21.3. The summed E-state index contributed by atoms with van der Waals surface area (Å²) in [5.74, 6) is -1.09. The molecule has 0 aliphatic rings. The van der Waals surface area contributed by atoms with Crippen molar-refractivity contribution in [1.82, 2.24) is 0 Å². The number of carbonyl (C=O) groups excluding carboxylic acids is 2. The molecule has 0 saturated heterocycles. The third-order valence-corrected chi connectivity index (χ3v) is 5.68. The number of phosphoric ester groups is 1. The highest BCUT2D eigenvalue weighted by molar-refractivity contribution is 7.47. The summed E-state index contributed by atoms with van der Waals surface area (Å²) in [7, 11) is 1.37. The van der Waals surface area contributed by atoms with Crippen molar-refractivity contribution in [2.75, 3.05) is 47.5 Å². The number of carbonyl (C=O) groups is 2. The SMILES string of the molecule is CC=CCC=CCC=CCC(=O)OC[C@H](COP(=O)(O)OCC[N+](C)(C)C)OC(=O)CC=CCC=CCC. The second-order valence-corrected chi connectivity index (χ2v) is 10.8. The molecule has 0 saturated carbocycles. The van der Waals surface area contributed by atoms with Gasteiger partial charge in [-0.1, -0.05) is 67.7 Å². The average molecular weight is 557 g/mol. The second kappa shape index (κ2) is 21.6. The fourth-order valence-corrected chi connectivity index (χ4v) is 3.36. The molecule has 0 fully saturated rings. The Labute approximate surface area is 228 Å². The van der Waals surface area contributed by atoms with Gasteiger partial charge < -0.3 is 18.9 Å². The zero-order valence-electron chi connectivity index (χ0n) is 23.6. The van der Waals surface area contributed by atoms with E-state index in [0.29, 0.717) is 23.9 Å². The number of hydrogen-bond acceptors (Lipinski definition) is 7. The monoisotopic (exact) mass is 556 g/mol. The van der Waals surface area contributed by atoms with E-state index < -0.39 is 32.5 Å². The molecule has 0 spiro atoms. The molecule has 1 N–H and O–H groups in total. The smallest absolute Gasteiger partial charge is 0.461 e. The third kappa shape index (κ3) is 24.1. The van der Waals surface area contributed by atoms with Gasteiger partial charge in [0.15, 0.2) is 6.10 Å². The minimum Gasteiger partial charge on any atom is -0.461 e. The maximum absolute atomic E-state index is 12.3. The summed E-state index contributed by atoms with van der Waals surface area (Å²) < 4.78 is 33.3. The van der Waals surface area contributed by atoms with Crippen LogP contribution < -0.4 is 0 Å². The molecule has 0 aromatic rings. The Kier molecular flexibility index (Phi) is 20.3. The first-order valence-corrected chi connectivity index (χ1v) is 14.5. The van der Waals surface area contributed by atoms with Crippen LogP contribution in [0, 0.1) is 0 Å². The van der Waals surface area contributed by atoms with Crippen molar-refractivity contribution in [2.24, 2.45) is 0 Å². The van der Waals surface area contributed by atoms with Gasteiger partial charge >= 0.3 is 19.8 Å². The lowest BCUT2D eigenvalue weighted by atomic mass is 10.3. The Morgan fingerprint density at radius 3 is 1.95 bits per heavy atom. The minimum absolute atomic E-state index is 0.00478. The Hall–Kier alpha value is -2.29. The van der Waals surface area contributed by atoms with Gasteiger partial charge in [-0.15, -0.1) is 0 Å². The summed E-state index contributed by atoms with van der Waals surface area (Å²) in [6.45, 7) is 3.71. The molecular formula is C28H47NO8P+. The van der Waals surface area contributed by atoms with Crippen LogP contribution in [-0.2, 0) is 32.7 Å². The molecule has 0 aliphatic heterocycles. The standard InChI is InChI=1S/C28H46NO8P/c1-6-8-10-12-14-15-17-18-20-27(30)34-24-26(37-28(31)21-19-16-13-11-9-7-2)25-36-38(32,33)35-23-22-29(3,4)5/h6,8-9,11-12,14,16-19,26H,7,10,13,15,20-25H2,1-5H3/p+1/t26-/m1/s1. The van der Waals surface area contributed by atoms with Gasteiger partial charge in [0.1, 0.15) is 19.8 Å². The van der Waals surface area contributed by atoms with Crippen molar-refractivity contribution < 1.29 is 42.1 Å². The summed E-state index contributed by atoms with van der Waals surface area (Å²) in [4.78, 5) is 34.3. The van der Waals surface area contributed by atoms with E-state index in [0.717, 1.165) is 12.8 Å². The lowest BCUT2D eigenvalue weighted by Gasteiger charge is -2.24. The maximum Gasteiger partial charge on any atom is 0.472 e. The number of rotatable bonds is 21. The van der Waals surface area contributed by atoms with Crippen molar-refractivity contribution in [3.05, 3.63) is 60.8 Å². The van der Waals surface area contributed by atoms with E-state index in [2.05, 4.69) is 0 Å². The Bertz CT molecular complexity index is 855. The molecule has 0 rings (SSSR count). The van der Waals surface area contributed by atoms with E-state index >= 15 is 0 Å². The predicted molar refractivity (Wildman–Crippen MR) is 150 cm³/mol. The first kappa shape index (κ1) is 35.7. The van der Waals surface area contributed by atoms with Gasteiger partial charge in [0.2, 0.25) is 0 Å². The number of phosphoric acid groups is 1. The first-order valence-electron chi connectivity index (χ1n) is 13.0. The molecule has 0 aliphatic carbocycles. The van der Waals surface area contributed by atoms with Crippen LogP contribution in [0.1, 0.15) is 52.4 Å². The van der Waals surface area contributed by atoms with Gasteiger partial charge in [-0.3, -0.25) is 18.6 Å². The second-order valence-electron chi connectivity index (χ2n) is 9.38. The van der Waals surface area contributed by atoms with Gasteiger partial charge in [0.25, 0.3) is 0 Å². The number of allylic oxidation sites excluding steroid dienone is 8. The topological polar surface area (TPSA) is 108 Å². The summed E-state index contributed by atoms with van der Waals surface area (Å²) in [5.41, 5.74) is 0. The van der Waals surface area contributed by atoms with E-state index in [1.165, 1.54) is 0 Å². The largest absolute Gasteiger partial charge is 0.472 e. The molecular weight excluding hydrogens is 509 g/mol. The van der Waals surface area contributed by atoms with Crippen LogP contribution in [0.15, 0.2) is 60.8 Å². The van der Waals surface area contributed by atoms with Crippen LogP contribution in [0.25, 0.3) is 0 Å². The van der Waals surface area contributed by atoms with E-state index in [-0.39, 0.29) is 26.1 Å². The molecule has 0 aromatic heterocycles. The molecule has 0 aromatic carbocycles. The molecule has 0 radical (unpaired) electrons. The van der Waals surface area contributed by atoms with E-state index in [9.17, 15) is 19.0 Å². The highest BCUT2D eigenvalue weighted by Crippen LogP contribution is 2.43. The summed E-state index contributed by atoms with van der Waals surface area (Å²) in [5, 5.41) is 0. The third-order valence-electron chi connectivity index (χ3n) is 4.69. The Morgan fingerprint density at radius 2 is 1.37 bits per heavy atom. The highest BCUT2D eigenvalue weighted by Gasteiger charge is 2.26. The fourth-order valence-electron chi connectivity index (χ4n) is 2.62. The number of nitrogens with zero attached hydrogens (tertiary/aromatic N) is 1. The number of likely N-dealkylation sites (N-methyl/N-ethyl adjacent to an activating group) is 1. The molecule has 9 nitrogen and oxygen atoms in total. The molecule has 38 heavy (non-hydrogen) atoms. The van der Waals surface area contributed by atoms with Crippen LogP contribution in [0.5, 0.6) is 0 Å². The molecule has 2 atom stereocenters. The van der Waals surface area contributed by atoms with Crippen molar-refractivity contribution >= 4 is 19.8 Å². The summed E-state index contributed by atoms with van der Waals surface area (Å²) >= 11 is 0. The average Bonchev–Trinajstić information content (AvgIpc) is 2.83. The number of esters is 2. The predicted octanol–water partition coefficient (Wildman–Crippen LogP) is 5.44. The van der Waals surface area contributed by atoms with E-state index in [1.54, 1.807) is 12.2 Å². The van der Waals surface area contributed by atoms with Gasteiger partial charge in [0, 0.05) is 0 Å². The Balaban J connectivity index is 4.83. The highest BCUT2D eigenvalue weighted by atomic mass is 31.2. The van der Waals surface area contributed by atoms with Crippen molar-refractivity contribution in [2.45, 2.75) is 58.5 Å². The molecule has 0 bridgehead atoms.